The van der Waals surface area contributed by atoms with Crippen molar-refractivity contribution in [1.29, 1.82) is 0 Å². The highest BCUT2D eigenvalue weighted by atomic mass is 32.2. The highest BCUT2D eigenvalue weighted by molar-refractivity contribution is 7.99. The van der Waals surface area contributed by atoms with E-state index in [-0.39, 0.29) is 6.03 Å². The number of aromatic nitrogens is 3. The number of thioether (sulfide) groups is 1. The van der Waals surface area contributed by atoms with Crippen molar-refractivity contribution in [2.24, 2.45) is 0 Å². The smallest absolute Gasteiger partial charge is 0.314 e. The van der Waals surface area contributed by atoms with E-state index in [9.17, 15) is 4.79 Å². The number of carbonyl (C=O) groups excluding carboxylic acids is 1. The van der Waals surface area contributed by atoms with Gasteiger partial charge >= 0.3 is 6.03 Å². The number of urea groups is 1. The summed E-state index contributed by atoms with van der Waals surface area (Å²) in [5.41, 5.74) is 0. The molecule has 0 atom stereocenters. The van der Waals surface area contributed by atoms with Crippen LogP contribution in [0.4, 0.5) is 4.79 Å². The molecule has 0 aromatic carbocycles. The highest BCUT2D eigenvalue weighted by Crippen LogP contribution is 2.17. The average molecular weight is 366 g/mol. The Morgan fingerprint density at radius 3 is 2.44 bits per heavy atom. The molecule has 1 aliphatic rings. The van der Waals surface area contributed by atoms with Crippen LogP contribution in [0.25, 0.3) is 0 Å². The molecular formula is C18H31N5OS. The number of amides is 2. The standard InChI is InChI=1S/C18H31N5OS/c24-17-19-12-8-6-4-2-1-3-5-7-11-15-25-18-21-16-22-23(18)14-10-9-13-20-17/h1-2,16H,3-15H2,(H2,19,20,24)/b2-1-. The normalized spacial score (nSPS) is 21.2. The summed E-state index contributed by atoms with van der Waals surface area (Å²) in [7, 11) is 0. The summed E-state index contributed by atoms with van der Waals surface area (Å²) in [6.45, 7) is 2.31. The summed E-state index contributed by atoms with van der Waals surface area (Å²) in [5, 5.41) is 11.2. The van der Waals surface area contributed by atoms with Gasteiger partial charge in [0.1, 0.15) is 6.33 Å². The van der Waals surface area contributed by atoms with Crippen LogP contribution in [-0.4, -0.2) is 39.6 Å². The molecule has 2 rings (SSSR count). The Balaban J connectivity index is 1.76. The third kappa shape index (κ3) is 8.95. The molecule has 2 heterocycles. The van der Waals surface area contributed by atoms with Crippen molar-refractivity contribution in [3.05, 3.63) is 18.5 Å². The summed E-state index contributed by atoms with van der Waals surface area (Å²) in [4.78, 5) is 16.0. The number of fused-ring (bicyclic) bond motifs is 1. The maximum atomic E-state index is 11.7. The molecule has 140 valence electrons. The van der Waals surface area contributed by atoms with E-state index in [1.165, 1.54) is 25.7 Å². The first-order valence-electron chi connectivity index (χ1n) is 9.53. The third-order valence-electron chi connectivity index (χ3n) is 4.16. The van der Waals surface area contributed by atoms with Crippen LogP contribution in [0.5, 0.6) is 0 Å². The lowest BCUT2D eigenvalue weighted by Crippen LogP contribution is -2.36. The Labute approximate surface area is 155 Å². The van der Waals surface area contributed by atoms with Crippen LogP contribution in [0.15, 0.2) is 23.6 Å². The van der Waals surface area contributed by atoms with E-state index in [4.69, 9.17) is 0 Å². The fourth-order valence-corrected chi connectivity index (χ4v) is 3.64. The topological polar surface area (TPSA) is 71.8 Å². The molecule has 0 saturated heterocycles. The monoisotopic (exact) mass is 365 g/mol. The fourth-order valence-electron chi connectivity index (χ4n) is 2.70. The van der Waals surface area contributed by atoms with E-state index in [2.05, 4.69) is 32.9 Å². The lowest BCUT2D eigenvalue weighted by molar-refractivity contribution is 0.240. The zero-order chi connectivity index (χ0) is 17.6. The molecule has 1 aromatic heterocycles. The van der Waals surface area contributed by atoms with Gasteiger partial charge in [0, 0.05) is 25.4 Å². The summed E-state index contributed by atoms with van der Waals surface area (Å²) in [6.07, 6.45) is 16.3. The third-order valence-corrected chi connectivity index (χ3v) is 5.23. The average Bonchev–Trinajstić information content (AvgIpc) is 3.05. The zero-order valence-corrected chi connectivity index (χ0v) is 15.9. The van der Waals surface area contributed by atoms with E-state index < -0.39 is 0 Å². The molecule has 0 spiro atoms. The van der Waals surface area contributed by atoms with E-state index in [0.717, 1.165) is 56.1 Å². The largest absolute Gasteiger partial charge is 0.338 e. The molecule has 1 aliphatic heterocycles. The van der Waals surface area contributed by atoms with Gasteiger partial charge in [0.05, 0.1) is 0 Å². The van der Waals surface area contributed by atoms with Crippen LogP contribution in [0, 0.1) is 0 Å². The van der Waals surface area contributed by atoms with Gasteiger partial charge in [-0.1, -0.05) is 30.3 Å². The van der Waals surface area contributed by atoms with Gasteiger partial charge < -0.3 is 10.6 Å². The Morgan fingerprint density at radius 1 is 0.920 bits per heavy atom. The number of nitrogens with one attached hydrogen (secondary N) is 2. The molecule has 25 heavy (non-hydrogen) atoms. The Bertz CT molecular complexity index is 517. The number of carbonyl (C=O) groups is 1. The molecule has 2 amide bonds. The second kappa shape index (κ2) is 12.8. The minimum absolute atomic E-state index is 0.0570. The van der Waals surface area contributed by atoms with Gasteiger partial charge in [-0.25, -0.2) is 14.5 Å². The SMILES string of the molecule is O=C1NCCCC/C=C\CCCCCSc2ncnn2CCCCN1. The zero-order valence-electron chi connectivity index (χ0n) is 15.1. The number of hydrogen-bond acceptors (Lipinski definition) is 4. The quantitative estimate of drug-likeness (QED) is 0.687. The molecule has 2 N–H and O–H groups in total. The van der Waals surface area contributed by atoms with Gasteiger partial charge in [-0.2, -0.15) is 5.10 Å². The first-order chi connectivity index (χ1) is 12.4. The summed E-state index contributed by atoms with van der Waals surface area (Å²) >= 11 is 1.80. The van der Waals surface area contributed by atoms with Gasteiger partial charge in [-0.15, -0.1) is 0 Å². The first-order valence-corrected chi connectivity index (χ1v) is 10.5. The summed E-state index contributed by atoms with van der Waals surface area (Å²) in [5.74, 6) is 1.10. The first kappa shape index (κ1) is 19.8. The molecule has 0 fully saturated rings. The van der Waals surface area contributed by atoms with Gasteiger partial charge in [0.25, 0.3) is 0 Å². The lowest BCUT2D eigenvalue weighted by atomic mass is 10.1. The molecular weight excluding hydrogens is 334 g/mol. The minimum Gasteiger partial charge on any atom is -0.338 e. The predicted octanol–water partition coefficient (Wildman–Crippen LogP) is 3.75. The summed E-state index contributed by atoms with van der Waals surface area (Å²) in [6, 6.07) is -0.0570. The maximum absolute atomic E-state index is 11.7. The van der Waals surface area contributed by atoms with E-state index >= 15 is 0 Å². The predicted molar refractivity (Wildman–Crippen MR) is 103 cm³/mol. The van der Waals surface area contributed by atoms with Crippen LogP contribution in [0.2, 0.25) is 0 Å². The number of nitrogens with zero attached hydrogens (tertiary/aromatic N) is 3. The van der Waals surface area contributed by atoms with Crippen molar-refractivity contribution >= 4 is 17.8 Å². The van der Waals surface area contributed by atoms with Crippen LogP contribution in [0.3, 0.4) is 0 Å². The van der Waals surface area contributed by atoms with Gasteiger partial charge in [-0.05, 0) is 51.4 Å². The van der Waals surface area contributed by atoms with Crippen LogP contribution in [-0.2, 0) is 6.54 Å². The molecule has 1 aromatic rings. The van der Waals surface area contributed by atoms with Crippen molar-refractivity contribution < 1.29 is 4.79 Å². The van der Waals surface area contributed by atoms with E-state index in [0.29, 0.717) is 6.54 Å². The van der Waals surface area contributed by atoms with Crippen LogP contribution in [0.1, 0.15) is 57.8 Å². The van der Waals surface area contributed by atoms with E-state index in [1.54, 1.807) is 18.1 Å². The molecule has 0 aliphatic carbocycles. The Hall–Kier alpha value is -1.50. The van der Waals surface area contributed by atoms with Crippen molar-refractivity contribution in [1.82, 2.24) is 25.4 Å². The lowest BCUT2D eigenvalue weighted by Gasteiger charge is -2.08. The second-order valence-electron chi connectivity index (χ2n) is 6.32. The second-order valence-corrected chi connectivity index (χ2v) is 7.38. The van der Waals surface area contributed by atoms with Crippen molar-refractivity contribution in [2.75, 3.05) is 18.8 Å². The maximum Gasteiger partial charge on any atom is 0.314 e. The van der Waals surface area contributed by atoms with Crippen LogP contribution < -0.4 is 10.6 Å². The van der Waals surface area contributed by atoms with Crippen molar-refractivity contribution in [3.63, 3.8) is 0 Å². The van der Waals surface area contributed by atoms with Crippen molar-refractivity contribution in [3.8, 4) is 0 Å². The molecule has 6 nitrogen and oxygen atoms in total. The molecule has 7 heteroatoms. The highest BCUT2D eigenvalue weighted by Gasteiger charge is 2.05. The minimum atomic E-state index is -0.0570. The Kier molecular flexibility index (Phi) is 10.2. The van der Waals surface area contributed by atoms with Gasteiger partial charge in [-0.3, -0.25) is 0 Å². The van der Waals surface area contributed by atoms with E-state index in [1.807, 2.05) is 4.68 Å². The van der Waals surface area contributed by atoms with Crippen LogP contribution >= 0.6 is 11.8 Å². The number of allylic oxidation sites excluding steroid dienone is 2. The van der Waals surface area contributed by atoms with Gasteiger partial charge in [0.2, 0.25) is 0 Å². The number of aryl methyl sites for hydroxylation is 1. The Morgan fingerprint density at radius 2 is 1.64 bits per heavy atom. The fraction of sp³-hybridized carbons (Fsp3) is 0.722. The summed E-state index contributed by atoms with van der Waals surface area (Å²) < 4.78 is 1.98. The molecule has 0 radical (unpaired) electrons. The number of rotatable bonds is 0. The number of hydrogen-bond donors (Lipinski definition) is 2. The van der Waals surface area contributed by atoms with Crippen molar-refractivity contribution in [2.45, 2.75) is 69.5 Å². The molecule has 0 unspecified atom stereocenters. The molecule has 0 saturated carbocycles. The molecule has 0 bridgehead atoms. The van der Waals surface area contributed by atoms with Gasteiger partial charge in [0.15, 0.2) is 5.16 Å².